The van der Waals surface area contributed by atoms with Crippen LogP contribution in [0.3, 0.4) is 0 Å². The van der Waals surface area contributed by atoms with Crippen LogP contribution in [-0.2, 0) is 0 Å². The Labute approximate surface area is 288 Å². The minimum atomic E-state index is 0.682. The third-order valence-electron chi connectivity index (χ3n) is 9.63. The van der Waals surface area contributed by atoms with Gasteiger partial charge in [0.15, 0.2) is 11.4 Å². The lowest BCUT2D eigenvalue weighted by Crippen LogP contribution is -1.93. The number of aromatic nitrogens is 3. The van der Waals surface area contributed by atoms with Gasteiger partial charge < -0.3 is 8.98 Å². The molecule has 0 N–H and O–H groups in total. The summed E-state index contributed by atoms with van der Waals surface area (Å²) < 4.78 is 8.93. The highest BCUT2D eigenvalue weighted by Gasteiger charge is 2.19. The van der Waals surface area contributed by atoms with Crippen LogP contribution in [-0.4, -0.2) is 14.5 Å². The predicted octanol–water partition coefficient (Wildman–Crippen LogP) is 12.1. The largest absolute Gasteiger partial charge is 0.452 e. The molecule has 0 aliphatic rings. The summed E-state index contributed by atoms with van der Waals surface area (Å²) >= 11 is 0. The summed E-state index contributed by atoms with van der Waals surface area (Å²) in [6, 6.07) is 61.5. The van der Waals surface area contributed by atoms with E-state index in [1.54, 1.807) is 0 Å². The summed E-state index contributed by atoms with van der Waals surface area (Å²) in [5, 5.41) is 3.48. The Bertz CT molecular complexity index is 2840. The molecule has 0 fully saturated rings. The lowest BCUT2D eigenvalue weighted by Gasteiger charge is -2.09. The van der Waals surface area contributed by atoms with Crippen LogP contribution < -0.4 is 0 Å². The number of nitrogens with zero attached hydrogens (tertiary/aromatic N) is 3. The quantitative estimate of drug-likeness (QED) is 0.188. The van der Waals surface area contributed by atoms with E-state index in [4.69, 9.17) is 14.4 Å². The van der Waals surface area contributed by atoms with Gasteiger partial charge in [0.2, 0.25) is 0 Å². The summed E-state index contributed by atoms with van der Waals surface area (Å²) in [4.78, 5) is 10.0. The third kappa shape index (κ3) is 4.61. The van der Waals surface area contributed by atoms with E-state index < -0.39 is 0 Å². The molecule has 7 aromatic carbocycles. The van der Waals surface area contributed by atoms with Crippen molar-refractivity contribution in [1.29, 1.82) is 0 Å². The van der Waals surface area contributed by atoms with Gasteiger partial charge >= 0.3 is 0 Å². The van der Waals surface area contributed by atoms with Crippen molar-refractivity contribution in [3.05, 3.63) is 176 Å². The maximum atomic E-state index is 6.57. The minimum absolute atomic E-state index is 0.682. The van der Waals surface area contributed by atoms with E-state index in [9.17, 15) is 0 Å². The van der Waals surface area contributed by atoms with Gasteiger partial charge in [-0.1, -0.05) is 140 Å². The van der Waals surface area contributed by atoms with Crippen LogP contribution in [0, 0.1) is 0 Å². The maximum absolute atomic E-state index is 6.57. The van der Waals surface area contributed by atoms with Gasteiger partial charge in [0, 0.05) is 33.0 Å². The van der Waals surface area contributed by atoms with Crippen molar-refractivity contribution in [3.8, 4) is 50.6 Å². The van der Waals surface area contributed by atoms with Crippen LogP contribution in [0.2, 0.25) is 0 Å². The molecule has 0 radical (unpaired) electrons. The molecule has 0 bridgehead atoms. The maximum Gasteiger partial charge on any atom is 0.180 e. The standard InChI is InChI=1S/C46H29N3O/c1-4-12-32(13-5-1)43-45-44(48-46(47-43)33-14-6-2-7-15-33)39-27-25-35(29-42(39)50-45)31-22-20-30(21-23-31)34-24-26-38-37-18-10-11-19-40(37)49(41(38)28-34)36-16-8-3-9-17-36/h1-29H. The van der Waals surface area contributed by atoms with Crippen LogP contribution in [0.15, 0.2) is 180 Å². The van der Waals surface area contributed by atoms with Gasteiger partial charge in [0.25, 0.3) is 0 Å². The average molecular weight is 640 g/mol. The van der Waals surface area contributed by atoms with E-state index >= 15 is 0 Å². The number of benzene rings is 7. The van der Waals surface area contributed by atoms with Crippen LogP contribution in [0.5, 0.6) is 0 Å². The zero-order chi connectivity index (χ0) is 33.0. The number of para-hydroxylation sites is 2. The van der Waals surface area contributed by atoms with Crippen LogP contribution in [0.1, 0.15) is 0 Å². The molecule has 0 saturated carbocycles. The van der Waals surface area contributed by atoms with Crippen LogP contribution in [0.25, 0.3) is 94.5 Å². The summed E-state index contributed by atoms with van der Waals surface area (Å²) in [5.74, 6) is 0.682. The van der Waals surface area contributed by atoms with Gasteiger partial charge in [-0.05, 0) is 58.7 Å². The first-order valence-corrected chi connectivity index (χ1v) is 16.8. The fourth-order valence-corrected chi connectivity index (χ4v) is 7.19. The first-order valence-electron chi connectivity index (χ1n) is 16.8. The van der Waals surface area contributed by atoms with Crippen molar-refractivity contribution < 1.29 is 4.42 Å². The Balaban J connectivity index is 1.05. The fourth-order valence-electron chi connectivity index (χ4n) is 7.19. The lowest BCUT2D eigenvalue weighted by atomic mass is 9.99. The van der Waals surface area contributed by atoms with Crippen molar-refractivity contribution in [2.75, 3.05) is 0 Å². The van der Waals surface area contributed by atoms with Gasteiger partial charge in [0.05, 0.1) is 11.0 Å². The predicted molar refractivity (Wildman–Crippen MR) is 205 cm³/mol. The molecular formula is C46H29N3O. The molecule has 0 saturated heterocycles. The van der Waals surface area contributed by atoms with E-state index in [0.29, 0.717) is 11.4 Å². The van der Waals surface area contributed by atoms with Crippen molar-refractivity contribution >= 4 is 43.9 Å². The first kappa shape index (κ1) is 28.3. The smallest absolute Gasteiger partial charge is 0.180 e. The average Bonchev–Trinajstić information content (AvgIpc) is 3.73. The van der Waals surface area contributed by atoms with Gasteiger partial charge in [-0.2, -0.15) is 0 Å². The highest BCUT2D eigenvalue weighted by atomic mass is 16.3. The summed E-state index contributed by atoms with van der Waals surface area (Å²) in [6.45, 7) is 0. The lowest BCUT2D eigenvalue weighted by molar-refractivity contribution is 0.667. The third-order valence-corrected chi connectivity index (χ3v) is 9.63. The fraction of sp³-hybridized carbons (Fsp3) is 0. The summed E-state index contributed by atoms with van der Waals surface area (Å²) in [7, 11) is 0. The molecule has 10 aromatic rings. The molecule has 3 aromatic heterocycles. The Morgan fingerprint density at radius 2 is 0.960 bits per heavy atom. The molecular weight excluding hydrogens is 611 g/mol. The van der Waals surface area contributed by atoms with E-state index in [-0.39, 0.29) is 0 Å². The van der Waals surface area contributed by atoms with E-state index in [1.165, 1.54) is 32.9 Å². The molecule has 0 spiro atoms. The molecule has 4 nitrogen and oxygen atoms in total. The number of rotatable bonds is 5. The number of furan rings is 1. The zero-order valence-corrected chi connectivity index (χ0v) is 27.0. The highest BCUT2D eigenvalue weighted by molar-refractivity contribution is 6.10. The first-order chi connectivity index (χ1) is 24.8. The number of fused-ring (bicyclic) bond motifs is 6. The molecule has 0 aliphatic heterocycles. The van der Waals surface area contributed by atoms with Gasteiger partial charge in [-0.3, -0.25) is 0 Å². The number of hydrogen-bond donors (Lipinski definition) is 0. The molecule has 234 valence electrons. The highest BCUT2D eigenvalue weighted by Crippen LogP contribution is 2.38. The summed E-state index contributed by atoms with van der Waals surface area (Å²) in [6.07, 6.45) is 0. The molecule has 0 aliphatic carbocycles. The zero-order valence-electron chi connectivity index (χ0n) is 27.0. The van der Waals surface area contributed by atoms with Gasteiger partial charge in [-0.25, -0.2) is 9.97 Å². The molecule has 10 rings (SSSR count). The topological polar surface area (TPSA) is 43.9 Å². The molecule has 0 amide bonds. The van der Waals surface area contributed by atoms with Gasteiger partial charge in [-0.15, -0.1) is 0 Å². The molecule has 50 heavy (non-hydrogen) atoms. The normalized spacial score (nSPS) is 11.6. The molecule has 0 atom stereocenters. The Hall–Kier alpha value is -6.78. The second kappa shape index (κ2) is 11.4. The van der Waals surface area contributed by atoms with Crippen molar-refractivity contribution in [2.24, 2.45) is 0 Å². The van der Waals surface area contributed by atoms with Crippen molar-refractivity contribution in [3.63, 3.8) is 0 Å². The Morgan fingerprint density at radius 1 is 0.400 bits per heavy atom. The van der Waals surface area contributed by atoms with E-state index in [2.05, 4.69) is 132 Å². The SMILES string of the molecule is c1ccc(-c2nc(-c3ccccc3)c3oc4cc(-c5ccc(-c6ccc7c8ccccc8n(-c8ccccc8)c7c6)cc5)ccc4c3n2)cc1. The second-order valence-corrected chi connectivity index (χ2v) is 12.6. The minimum Gasteiger partial charge on any atom is -0.452 e. The Kier molecular flexibility index (Phi) is 6.46. The van der Waals surface area contributed by atoms with Crippen LogP contribution in [0.4, 0.5) is 0 Å². The van der Waals surface area contributed by atoms with Crippen molar-refractivity contribution in [1.82, 2.24) is 14.5 Å². The van der Waals surface area contributed by atoms with E-state index in [1.807, 2.05) is 48.5 Å². The van der Waals surface area contributed by atoms with E-state index in [0.717, 1.165) is 50.1 Å². The molecule has 3 heterocycles. The van der Waals surface area contributed by atoms with Crippen LogP contribution >= 0.6 is 0 Å². The molecule has 0 unspecified atom stereocenters. The number of hydrogen-bond acceptors (Lipinski definition) is 3. The monoisotopic (exact) mass is 639 g/mol. The van der Waals surface area contributed by atoms with Gasteiger partial charge in [0.1, 0.15) is 16.8 Å². The summed E-state index contributed by atoms with van der Waals surface area (Å²) in [5.41, 5.74) is 13.2. The van der Waals surface area contributed by atoms with Crippen molar-refractivity contribution in [2.45, 2.75) is 0 Å². The second-order valence-electron chi connectivity index (χ2n) is 12.6. The molecule has 4 heteroatoms. The Morgan fingerprint density at radius 3 is 1.68 bits per heavy atom.